The molecule has 0 atom stereocenters. The first-order valence-electron chi connectivity index (χ1n) is 6.31. The van der Waals surface area contributed by atoms with Crippen LogP contribution in [0.1, 0.15) is 32.6 Å². The number of nitrogens with zero attached hydrogens (tertiary/aromatic N) is 1. The number of hydrogen-bond donors (Lipinski definition) is 0. The number of benzene rings is 2. The fourth-order valence-electron chi connectivity index (χ4n) is 2.02. The fourth-order valence-corrected chi connectivity index (χ4v) is 2.02. The molecule has 0 spiro atoms. The number of aryl methyl sites for hydroxylation is 3. The quantitative estimate of drug-likeness (QED) is 0.614. The minimum atomic E-state index is -0.388. The van der Waals surface area contributed by atoms with Crippen LogP contribution >= 0.6 is 0 Å². The molecule has 0 aromatic heterocycles. The van der Waals surface area contributed by atoms with Gasteiger partial charge in [-0.1, -0.05) is 17.7 Å². The van der Waals surface area contributed by atoms with Gasteiger partial charge in [-0.15, -0.1) is 0 Å². The van der Waals surface area contributed by atoms with Crippen LogP contribution < -0.4 is 4.74 Å². The first-order chi connectivity index (χ1) is 9.51. The third-order valence-electron chi connectivity index (χ3n) is 3.07. The highest BCUT2D eigenvalue weighted by atomic mass is 16.5. The molecule has 0 amide bonds. The van der Waals surface area contributed by atoms with E-state index in [1.165, 1.54) is 0 Å². The molecular formula is C17H15NO2. The lowest BCUT2D eigenvalue weighted by Crippen LogP contribution is -2.10. The van der Waals surface area contributed by atoms with Crippen molar-refractivity contribution in [1.82, 2.24) is 0 Å². The fraction of sp³-hybridized carbons (Fsp3) is 0.176. The van der Waals surface area contributed by atoms with Crippen LogP contribution in [0.4, 0.5) is 0 Å². The summed E-state index contributed by atoms with van der Waals surface area (Å²) >= 11 is 0. The zero-order valence-corrected chi connectivity index (χ0v) is 11.7. The van der Waals surface area contributed by atoms with E-state index in [9.17, 15) is 4.79 Å². The van der Waals surface area contributed by atoms with Gasteiger partial charge in [-0.25, -0.2) is 4.79 Å². The van der Waals surface area contributed by atoms with Gasteiger partial charge in [-0.2, -0.15) is 5.26 Å². The second kappa shape index (κ2) is 5.58. The second-order valence-electron chi connectivity index (χ2n) is 4.81. The Bertz CT molecular complexity index is 671. The predicted octanol–water partition coefficient (Wildman–Crippen LogP) is 3.70. The molecule has 0 aliphatic heterocycles. The summed E-state index contributed by atoms with van der Waals surface area (Å²) in [5.41, 5.74) is 3.73. The molecule has 0 radical (unpaired) electrons. The van der Waals surface area contributed by atoms with Crippen molar-refractivity contribution in [2.75, 3.05) is 0 Å². The van der Waals surface area contributed by atoms with Crippen molar-refractivity contribution in [1.29, 1.82) is 5.26 Å². The van der Waals surface area contributed by atoms with Crippen molar-refractivity contribution in [3.63, 3.8) is 0 Å². The van der Waals surface area contributed by atoms with Gasteiger partial charge in [0.1, 0.15) is 5.75 Å². The van der Waals surface area contributed by atoms with E-state index < -0.39 is 0 Å². The number of nitriles is 1. The molecule has 0 fully saturated rings. The molecule has 3 nitrogen and oxygen atoms in total. The Morgan fingerprint density at radius 3 is 2.10 bits per heavy atom. The van der Waals surface area contributed by atoms with E-state index in [4.69, 9.17) is 10.00 Å². The minimum absolute atomic E-state index is 0.388. The summed E-state index contributed by atoms with van der Waals surface area (Å²) in [4.78, 5) is 12.1. The van der Waals surface area contributed by atoms with Crippen molar-refractivity contribution in [2.24, 2.45) is 0 Å². The molecule has 20 heavy (non-hydrogen) atoms. The van der Waals surface area contributed by atoms with Gasteiger partial charge in [-0.05, 0) is 56.2 Å². The van der Waals surface area contributed by atoms with Crippen LogP contribution in [-0.2, 0) is 0 Å². The Morgan fingerprint density at radius 2 is 1.60 bits per heavy atom. The molecule has 0 saturated heterocycles. The molecule has 0 N–H and O–H groups in total. The molecule has 0 saturated carbocycles. The molecule has 0 bridgehead atoms. The molecule has 2 rings (SSSR count). The van der Waals surface area contributed by atoms with E-state index in [1.807, 2.05) is 32.9 Å². The molecule has 3 heteroatoms. The van der Waals surface area contributed by atoms with Crippen LogP contribution in [-0.4, -0.2) is 5.97 Å². The van der Waals surface area contributed by atoms with Gasteiger partial charge in [0.05, 0.1) is 17.2 Å². The van der Waals surface area contributed by atoms with Crippen molar-refractivity contribution in [3.8, 4) is 11.8 Å². The van der Waals surface area contributed by atoms with Gasteiger partial charge in [0.2, 0.25) is 0 Å². The van der Waals surface area contributed by atoms with Crippen molar-refractivity contribution < 1.29 is 9.53 Å². The average molecular weight is 265 g/mol. The van der Waals surface area contributed by atoms with E-state index in [0.717, 1.165) is 16.7 Å². The Kier molecular flexibility index (Phi) is 3.86. The lowest BCUT2D eigenvalue weighted by molar-refractivity contribution is 0.0732. The molecule has 0 unspecified atom stereocenters. The number of esters is 1. The summed E-state index contributed by atoms with van der Waals surface area (Å²) in [5, 5.41) is 8.91. The summed E-state index contributed by atoms with van der Waals surface area (Å²) in [5.74, 6) is 0.135. The normalized spacial score (nSPS) is 9.90. The third-order valence-corrected chi connectivity index (χ3v) is 3.07. The van der Waals surface area contributed by atoms with Gasteiger partial charge in [0, 0.05) is 0 Å². The Morgan fingerprint density at radius 1 is 1.05 bits per heavy atom. The van der Waals surface area contributed by atoms with Crippen molar-refractivity contribution >= 4 is 5.97 Å². The van der Waals surface area contributed by atoms with E-state index in [-0.39, 0.29) is 5.97 Å². The number of carbonyl (C=O) groups excluding carboxylic acids is 1. The van der Waals surface area contributed by atoms with Gasteiger partial charge < -0.3 is 4.74 Å². The summed E-state index contributed by atoms with van der Waals surface area (Å²) in [6, 6.07) is 12.7. The summed E-state index contributed by atoms with van der Waals surface area (Å²) < 4.78 is 5.45. The first-order valence-corrected chi connectivity index (χ1v) is 6.31. The highest BCUT2D eigenvalue weighted by molar-refractivity contribution is 5.91. The monoisotopic (exact) mass is 265 g/mol. The number of hydrogen-bond acceptors (Lipinski definition) is 3. The lowest BCUT2D eigenvalue weighted by Gasteiger charge is -2.11. The SMILES string of the molecule is Cc1ccc(C(=O)Oc2c(C)cc(C#N)cc2C)cc1. The van der Waals surface area contributed by atoms with Crippen LogP contribution in [0, 0.1) is 32.1 Å². The van der Waals surface area contributed by atoms with E-state index in [2.05, 4.69) is 6.07 Å². The smallest absolute Gasteiger partial charge is 0.343 e. The highest BCUT2D eigenvalue weighted by Crippen LogP contribution is 2.25. The largest absolute Gasteiger partial charge is 0.422 e. The predicted molar refractivity (Wildman–Crippen MR) is 76.8 cm³/mol. The zero-order chi connectivity index (χ0) is 14.7. The lowest BCUT2D eigenvalue weighted by atomic mass is 10.1. The topological polar surface area (TPSA) is 50.1 Å². The molecule has 2 aromatic carbocycles. The molecule has 100 valence electrons. The molecule has 0 aliphatic rings. The first kappa shape index (κ1) is 13.8. The van der Waals surface area contributed by atoms with Crippen LogP contribution in [0.5, 0.6) is 5.75 Å². The Balaban J connectivity index is 2.29. The van der Waals surface area contributed by atoms with Crippen molar-refractivity contribution in [3.05, 3.63) is 64.2 Å². The maximum Gasteiger partial charge on any atom is 0.343 e. The second-order valence-corrected chi connectivity index (χ2v) is 4.81. The van der Waals surface area contributed by atoms with E-state index in [1.54, 1.807) is 24.3 Å². The van der Waals surface area contributed by atoms with Crippen LogP contribution in [0.3, 0.4) is 0 Å². The summed E-state index contributed by atoms with van der Waals surface area (Å²) in [7, 11) is 0. The van der Waals surface area contributed by atoms with Crippen LogP contribution in [0.2, 0.25) is 0 Å². The zero-order valence-electron chi connectivity index (χ0n) is 11.7. The average Bonchev–Trinajstić information content (AvgIpc) is 2.43. The third kappa shape index (κ3) is 2.86. The van der Waals surface area contributed by atoms with Crippen LogP contribution in [0.25, 0.3) is 0 Å². The molecular weight excluding hydrogens is 250 g/mol. The van der Waals surface area contributed by atoms with E-state index >= 15 is 0 Å². The van der Waals surface area contributed by atoms with Gasteiger partial charge >= 0.3 is 5.97 Å². The molecule has 2 aromatic rings. The number of rotatable bonds is 2. The standard InChI is InChI=1S/C17H15NO2/c1-11-4-6-15(7-5-11)17(19)20-16-12(2)8-14(10-18)9-13(16)3/h4-9H,1-3H3. The Labute approximate surface area is 118 Å². The summed E-state index contributed by atoms with van der Waals surface area (Å²) in [6.45, 7) is 5.61. The molecule has 0 aliphatic carbocycles. The van der Waals surface area contributed by atoms with Crippen LogP contribution in [0.15, 0.2) is 36.4 Å². The number of carbonyl (C=O) groups is 1. The van der Waals surface area contributed by atoms with E-state index in [0.29, 0.717) is 16.9 Å². The Hall–Kier alpha value is -2.60. The highest BCUT2D eigenvalue weighted by Gasteiger charge is 2.13. The van der Waals surface area contributed by atoms with Gasteiger partial charge in [0.15, 0.2) is 0 Å². The molecule has 0 heterocycles. The van der Waals surface area contributed by atoms with Crippen molar-refractivity contribution in [2.45, 2.75) is 20.8 Å². The van der Waals surface area contributed by atoms with Gasteiger partial charge in [0.25, 0.3) is 0 Å². The maximum atomic E-state index is 12.1. The summed E-state index contributed by atoms with van der Waals surface area (Å²) in [6.07, 6.45) is 0. The number of ether oxygens (including phenoxy) is 1. The minimum Gasteiger partial charge on any atom is -0.422 e. The maximum absolute atomic E-state index is 12.1. The van der Waals surface area contributed by atoms with Gasteiger partial charge in [-0.3, -0.25) is 0 Å².